The van der Waals surface area contributed by atoms with Crippen LogP contribution in [0.25, 0.3) is 0 Å². The van der Waals surface area contributed by atoms with Crippen molar-refractivity contribution in [2.45, 2.75) is 32.8 Å². The zero-order valence-electron chi connectivity index (χ0n) is 13.8. The monoisotopic (exact) mass is 323 g/mol. The Kier molecular flexibility index (Phi) is 7.19. The number of aliphatic hydroxyl groups excluding tert-OH is 2. The molecule has 6 heteroatoms. The van der Waals surface area contributed by atoms with Crippen LogP contribution in [0.3, 0.4) is 0 Å². The highest BCUT2D eigenvalue weighted by Crippen LogP contribution is 2.19. The van der Waals surface area contributed by atoms with Crippen molar-refractivity contribution in [1.82, 2.24) is 5.32 Å². The first-order valence-corrected chi connectivity index (χ1v) is 7.51. The molecule has 0 aromatic heterocycles. The largest absolute Gasteiger partial charge is 0.497 e. The number of amides is 1. The summed E-state index contributed by atoms with van der Waals surface area (Å²) in [5.41, 5.74) is -0.0411. The van der Waals surface area contributed by atoms with Crippen LogP contribution in [0.1, 0.15) is 25.8 Å². The van der Waals surface area contributed by atoms with Crippen LogP contribution in [0.15, 0.2) is 24.3 Å². The highest BCUT2D eigenvalue weighted by molar-refractivity contribution is 5.84. The second-order valence-electron chi connectivity index (χ2n) is 6.15. The molecule has 1 atom stereocenters. The van der Waals surface area contributed by atoms with E-state index in [-0.39, 0.29) is 31.8 Å². The lowest BCUT2D eigenvalue weighted by molar-refractivity contribution is -0.137. The molecule has 0 saturated carbocycles. The number of Topliss-reactive ketones (excluding diaryl/α,β-unsaturated/α-hetero) is 1. The number of aliphatic hydroxyl groups is 2. The highest BCUT2D eigenvalue weighted by atomic mass is 16.5. The molecule has 0 aliphatic carbocycles. The van der Waals surface area contributed by atoms with Gasteiger partial charge in [-0.1, -0.05) is 26.0 Å². The number of nitrogens with one attached hydrogen (secondary N) is 1. The smallest absolute Gasteiger partial charge is 0.249 e. The second-order valence-corrected chi connectivity index (χ2v) is 6.15. The molecule has 1 amide bonds. The molecule has 0 bridgehead atoms. The SMILES string of the molecule is COc1ccc(CC(=O)CCNC(=O)[C@H](O)C(C)(C)CO)cc1. The maximum atomic E-state index is 11.9. The lowest BCUT2D eigenvalue weighted by atomic mass is 9.87. The van der Waals surface area contributed by atoms with Crippen LogP contribution in [-0.4, -0.2) is 48.3 Å². The van der Waals surface area contributed by atoms with Crippen molar-refractivity contribution >= 4 is 11.7 Å². The minimum atomic E-state index is -1.32. The number of ketones is 1. The predicted octanol–water partition coefficient (Wildman–Crippen LogP) is 0.692. The van der Waals surface area contributed by atoms with Crippen LogP contribution in [-0.2, 0) is 16.0 Å². The quantitative estimate of drug-likeness (QED) is 0.621. The summed E-state index contributed by atoms with van der Waals surface area (Å²) in [6.07, 6.45) is -0.849. The third-order valence-corrected chi connectivity index (χ3v) is 3.66. The number of hydrogen-bond acceptors (Lipinski definition) is 5. The Hall–Kier alpha value is -1.92. The van der Waals surface area contributed by atoms with Gasteiger partial charge < -0.3 is 20.3 Å². The van der Waals surface area contributed by atoms with Gasteiger partial charge in [-0.25, -0.2) is 0 Å². The molecule has 0 aliphatic heterocycles. The number of methoxy groups -OCH3 is 1. The molecule has 1 rings (SSSR count). The van der Waals surface area contributed by atoms with Crippen LogP contribution in [0.2, 0.25) is 0 Å². The average molecular weight is 323 g/mol. The Morgan fingerprint density at radius 3 is 2.39 bits per heavy atom. The fourth-order valence-corrected chi connectivity index (χ4v) is 1.92. The van der Waals surface area contributed by atoms with Gasteiger partial charge in [0.1, 0.15) is 17.6 Å². The molecular weight excluding hydrogens is 298 g/mol. The Balaban J connectivity index is 2.37. The molecule has 1 aromatic carbocycles. The second kappa shape index (κ2) is 8.64. The Labute approximate surface area is 136 Å². The van der Waals surface area contributed by atoms with Crippen LogP contribution in [0.5, 0.6) is 5.75 Å². The summed E-state index contributed by atoms with van der Waals surface area (Å²) in [6.45, 7) is 3.03. The molecule has 0 saturated heterocycles. The van der Waals surface area contributed by atoms with Gasteiger partial charge in [-0.2, -0.15) is 0 Å². The molecule has 6 nitrogen and oxygen atoms in total. The van der Waals surface area contributed by atoms with Crippen molar-refractivity contribution in [2.24, 2.45) is 5.41 Å². The standard InChI is InChI=1S/C17H25NO5/c1-17(2,11-19)15(21)16(22)18-9-8-13(20)10-12-4-6-14(23-3)7-5-12/h4-7,15,19,21H,8-11H2,1-3H3,(H,18,22)/t15-/m0/s1. The summed E-state index contributed by atoms with van der Waals surface area (Å²) in [5.74, 6) is 0.140. The molecular formula is C17H25NO5. The molecule has 23 heavy (non-hydrogen) atoms. The third kappa shape index (κ3) is 6.00. The van der Waals surface area contributed by atoms with Gasteiger partial charge in [0.15, 0.2) is 0 Å². The van der Waals surface area contributed by atoms with Gasteiger partial charge in [0, 0.05) is 24.8 Å². The Bertz CT molecular complexity index is 524. The van der Waals surface area contributed by atoms with Gasteiger partial charge in [-0.05, 0) is 17.7 Å². The van der Waals surface area contributed by atoms with Gasteiger partial charge >= 0.3 is 0 Å². The maximum Gasteiger partial charge on any atom is 0.249 e. The summed E-state index contributed by atoms with van der Waals surface area (Å²) in [5, 5.41) is 21.5. The first kappa shape index (κ1) is 19.1. The van der Waals surface area contributed by atoms with Crippen LogP contribution in [0.4, 0.5) is 0 Å². The number of ether oxygens (including phenoxy) is 1. The summed E-state index contributed by atoms with van der Waals surface area (Å²) >= 11 is 0. The maximum absolute atomic E-state index is 11.9. The van der Waals surface area contributed by atoms with Crippen LogP contribution in [0, 0.1) is 5.41 Å². The van der Waals surface area contributed by atoms with Crippen molar-refractivity contribution in [1.29, 1.82) is 0 Å². The number of carbonyl (C=O) groups is 2. The first-order chi connectivity index (χ1) is 10.8. The first-order valence-electron chi connectivity index (χ1n) is 7.51. The zero-order valence-corrected chi connectivity index (χ0v) is 13.8. The van der Waals surface area contributed by atoms with E-state index in [1.807, 2.05) is 12.1 Å². The van der Waals surface area contributed by atoms with E-state index in [0.29, 0.717) is 0 Å². The number of benzene rings is 1. The summed E-state index contributed by atoms with van der Waals surface area (Å²) in [4.78, 5) is 23.6. The van der Waals surface area contributed by atoms with Crippen molar-refractivity contribution in [3.05, 3.63) is 29.8 Å². The van der Waals surface area contributed by atoms with Crippen LogP contribution >= 0.6 is 0 Å². The molecule has 0 unspecified atom stereocenters. The van der Waals surface area contributed by atoms with Gasteiger partial charge in [-0.3, -0.25) is 9.59 Å². The summed E-state index contributed by atoms with van der Waals surface area (Å²) in [6, 6.07) is 7.22. The van der Waals surface area contributed by atoms with E-state index >= 15 is 0 Å². The topological polar surface area (TPSA) is 95.9 Å². The number of rotatable bonds is 9. The van der Waals surface area contributed by atoms with Crippen molar-refractivity contribution in [2.75, 3.05) is 20.3 Å². The van der Waals surface area contributed by atoms with Crippen molar-refractivity contribution in [3.63, 3.8) is 0 Å². The summed E-state index contributed by atoms with van der Waals surface area (Å²) in [7, 11) is 1.58. The minimum Gasteiger partial charge on any atom is -0.497 e. The van der Waals surface area contributed by atoms with E-state index < -0.39 is 17.4 Å². The Morgan fingerprint density at radius 1 is 1.26 bits per heavy atom. The van der Waals surface area contributed by atoms with Crippen molar-refractivity contribution < 1.29 is 24.5 Å². The van der Waals surface area contributed by atoms with E-state index in [2.05, 4.69) is 5.32 Å². The predicted molar refractivity (Wildman–Crippen MR) is 86.2 cm³/mol. The number of carbonyl (C=O) groups excluding carboxylic acids is 2. The van der Waals surface area contributed by atoms with Crippen LogP contribution < -0.4 is 10.1 Å². The molecule has 0 fully saturated rings. The van der Waals surface area contributed by atoms with E-state index in [1.165, 1.54) is 0 Å². The van der Waals surface area contributed by atoms with Crippen molar-refractivity contribution in [3.8, 4) is 5.75 Å². The van der Waals surface area contributed by atoms with Gasteiger partial charge in [0.25, 0.3) is 0 Å². The van der Waals surface area contributed by atoms with E-state index in [0.717, 1.165) is 11.3 Å². The summed E-state index contributed by atoms with van der Waals surface area (Å²) < 4.78 is 5.05. The normalized spacial score (nSPS) is 12.6. The minimum absolute atomic E-state index is 0.00799. The average Bonchev–Trinajstić information content (AvgIpc) is 2.54. The van der Waals surface area contributed by atoms with Gasteiger partial charge in [-0.15, -0.1) is 0 Å². The van der Waals surface area contributed by atoms with Gasteiger partial charge in [0.2, 0.25) is 5.91 Å². The fourth-order valence-electron chi connectivity index (χ4n) is 1.92. The fraction of sp³-hybridized carbons (Fsp3) is 0.529. The molecule has 1 aromatic rings. The lowest BCUT2D eigenvalue weighted by Crippen LogP contribution is -2.46. The molecule has 0 radical (unpaired) electrons. The number of hydrogen-bond donors (Lipinski definition) is 3. The molecule has 0 aliphatic rings. The van der Waals surface area contributed by atoms with E-state index in [9.17, 15) is 14.7 Å². The van der Waals surface area contributed by atoms with E-state index in [1.54, 1.807) is 33.1 Å². The Morgan fingerprint density at radius 2 is 1.87 bits per heavy atom. The highest BCUT2D eigenvalue weighted by Gasteiger charge is 2.32. The third-order valence-electron chi connectivity index (χ3n) is 3.66. The van der Waals surface area contributed by atoms with E-state index in [4.69, 9.17) is 9.84 Å². The lowest BCUT2D eigenvalue weighted by Gasteiger charge is -2.27. The molecule has 128 valence electrons. The molecule has 0 spiro atoms. The van der Waals surface area contributed by atoms with Gasteiger partial charge in [0.05, 0.1) is 13.7 Å². The molecule has 3 N–H and O–H groups in total. The molecule has 0 heterocycles. The zero-order chi connectivity index (χ0) is 17.5.